The molecule has 7 heteroatoms. The number of nitrogens with one attached hydrogen (secondary N) is 1. The minimum absolute atomic E-state index is 0.0313. The van der Waals surface area contributed by atoms with Crippen LogP contribution < -0.4 is 5.32 Å². The molecule has 0 aromatic heterocycles. The largest absolute Gasteiger partial charge is 0.459 e. The Kier molecular flexibility index (Phi) is 6.17. The maximum Gasteiger partial charge on any atom is 0.323 e. The monoisotopic (exact) mass is 478 g/mol. The Bertz CT molecular complexity index is 798. The van der Waals surface area contributed by atoms with E-state index in [2.05, 4.69) is 31.1 Å². The molecule has 194 valence electrons. The van der Waals surface area contributed by atoms with Crippen molar-refractivity contribution in [3.05, 3.63) is 0 Å². The molecule has 5 rings (SSSR count). The first-order valence-corrected chi connectivity index (χ1v) is 13.5. The van der Waals surface area contributed by atoms with Crippen molar-refractivity contribution in [1.29, 1.82) is 0 Å². The first kappa shape index (κ1) is 24.9. The molecule has 0 aromatic carbocycles. The molecular formula is C27H46N2O5. The van der Waals surface area contributed by atoms with Crippen molar-refractivity contribution in [3.8, 4) is 0 Å². The number of likely N-dealkylation sites (tertiary alicyclic amines) is 1. The van der Waals surface area contributed by atoms with Gasteiger partial charge in [-0.05, 0) is 84.7 Å². The summed E-state index contributed by atoms with van der Waals surface area (Å²) in [5.41, 5.74) is -0.933. The van der Waals surface area contributed by atoms with Gasteiger partial charge in [-0.25, -0.2) is 0 Å². The van der Waals surface area contributed by atoms with Crippen LogP contribution in [0.15, 0.2) is 0 Å². The Morgan fingerprint density at radius 1 is 1.21 bits per heavy atom. The number of aliphatic hydroxyl groups is 1. The number of esters is 1. The Morgan fingerprint density at radius 3 is 2.59 bits per heavy atom. The second-order valence-corrected chi connectivity index (χ2v) is 13.1. The van der Waals surface area contributed by atoms with Crippen LogP contribution in [0.5, 0.6) is 0 Å². The molecule has 2 aliphatic heterocycles. The highest BCUT2D eigenvalue weighted by molar-refractivity contribution is 5.76. The predicted molar refractivity (Wildman–Crippen MR) is 129 cm³/mol. The standard InChI is InChI=1S/C27H46N2O5/c1-15(2)21(24(31)34-25(3,4)5)28-17-10-11-27(32-7)19-14-16-8-9-18(30)22-20(16)26(27,23(17)33-22)12-13-29(19)6/h15-23,28,30H,8-14H2,1-7H3/t16?,17?,18?,19?,20?,21-,22?,23-,26-,27+/m0/s1. The first-order valence-electron chi connectivity index (χ1n) is 13.5. The van der Waals surface area contributed by atoms with Gasteiger partial charge in [-0.2, -0.15) is 0 Å². The summed E-state index contributed by atoms with van der Waals surface area (Å²) in [5.74, 6) is 0.775. The van der Waals surface area contributed by atoms with Crippen molar-refractivity contribution in [3.63, 3.8) is 0 Å². The van der Waals surface area contributed by atoms with Crippen molar-refractivity contribution in [2.45, 2.75) is 121 Å². The van der Waals surface area contributed by atoms with Gasteiger partial charge in [0.15, 0.2) is 0 Å². The van der Waals surface area contributed by atoms with Crippen LogP contribution in [-0.4, -0.2) is 84.3 Å². The molecule has 10 atom stereocenters. The van der Waals surface area contributed by atoms with Crippen molar-refractivity contribution in [2.24, 2.45) is 23.2 Å². The predicted octanol–water partition coefficient (Wildman–Crippen LogP) is 2.74. The third kappa shape index (κ3) is 3.44. The summed E-state index contributed by atoms with van der Waals surface area (Å²) >= 11 is 0. The van der Waals surface area contributed by atoms with Crippen LogP contribution in [-0.2, 0) is 19.0 Å². The molecular weight excluding hydrogens is 432 g/mol. The van der Waals surface area contributed by atoms with Crippen molar-refractivity contribution >= 4 is 5.97 Å². The minimum Gasteiger partial charge on any atom is -0.459 e. The maximum atomic E-state index is 13.2. The Morgan fingerprint density at radius 2 is 1.94 bits per heavy atom. The van der Waals surface area contributed by atoms with Crippen molar-refractivity contribution in [1.82, 2.24) is 10.2 Å². The number of hydrogen-bond acceptors (Lipinski definition) is 7. The Hall–Kier alpha value is -0.730. The van der Waals surface area contributed by atoms with E-state index >= 15 is 0 Å². The van der Waals surface area contributed by atoms with Crippen LogP contribution in [0, 0.1) is 23.2 Å². The van der Waals surface area contributed by atoms with Crippen LogP contribution in [0.1, 0.15) is 73.1 Å². The lowest BCUT2D eigenvalue weighted by Crippen LogP contribution is -2.79. The van der Waals surface area contributed by atoms with E-state index in [1.807, 2.05) is 27.9 Å². The number of methoxy groups -OCH3 is 1. The van der Waals surface area contributed by atoms with E-state index in [0.29, 0.717) is 17.9 Å². The first-order chi connectivity index (χ1) is 15.9. The highest BCUT2D eigenvalue weighted by Gasteiger charge is 2.78. The van der Waals surface area contributed by atoms with E-state index in [9.17, 15) is 9.90 Å². The molecule has 2 heterocycles. The van der Waals surface area contributed by atoms with Gasteiger partial charge in [-0.3, -0.25) is 10.1 Å². The highest BCUT2D eigenvalue weighted by Crippen LogP contribution is 2.70. The minimum atomic E-state index is -0.525. The van der Waals surface area contributed by atoms with Crippen molar-refractivity contribution < 1.29 is 24.1 Å². The second kappa shape index (κ2) is 8.41. The van der Waals surface area contributed by atoms with Gasteiger partial charge < -0.3 is 24.2 Å². The number of nitrogens with zero attached hydrogens (tertiary/aromatic N) is 1. The summed E-state index contributed by atoms with van der Waals surface area (Å²) in [6.45, 7) is 10.9. The molecule has 3 aliphatic carbocycles. The second-order valence-electron chi connectivity index (χ2n) is 13.1. The normalized spacial score (nSPS) is 46.8. The van der Waals surface area contributed by atoms with E-state index in [1.165, 1.54) is 0 Å². The fourth-order valence-corrected chi connectivity index (χ4v) is 8.86. The molecule has 2 N–H and O–H groups in total. The van der Waals surface area contributed by atoms with Gasteiger partial charge in [0, 0.05) is 30.5 Å². The number of aliphatic hydroxyl groups excluding tert-OH is 1. The number of hydrogen-bond donors (Lipinski definition) is 2. The Labute approximate surface area is 205 Å². The number of likely N-dealkylation sites (N-methyl/N-ethyl adjacent to an activating group) is 1. The molecule has 1 spiro atoms. The fourth-order valence-electron chi connectivity index (χ4n) is 8.86. The van der Waals surface area contributed by atoms with E-state index in [-0.39, 0.29) is 41.2 Å². The quantitative estimate of drug-likeness (QED) is 0.588. The van der Waals surface area contributed by atoms with Gasteiger partial charge in [0.25, 0.3) is 0 Å². The smallest absolute Gasteiger partial charge is 0.323 e. The van der Waals surface area contributed by atoms with Crippen LogP contribution in [0.25, 0.3) is 0 Å². The molecule has 6 unspecified atom stereocenters. The van der Waals surface area contributed by atoms with Gasteiger partial charge in [0.05, 0.1) is 23.9 Å². The summed E-state index contributed by atoms with van der Waals surface area (Å²) in [4.78, 5) is 15.7. The van der Waals surface area contributed by atoms with Gasteiger partial charge in [-0.15, -0.1) is 0 Å². The Balaban J connectivity index is 1.52. The third-order valence-corrected chi connectivity index (χ3v) is 10.0. The summed E-state index contributed by atoms with van der Waals surface area (Å²) in [6.07, 6.45) is 5.22. The topological polar surface area (TPSA) is 80.3 Å². The number of carbonyl (C=O) groups excluding carboxylic acids is 1. The zero-order chi connectivity index (χ0) is 24.6. The fraction of sp³-hybridized carbons (Fsp3) is 0.963. The molecule has 34 heavy (non-hydrogen) atoms. The molecule has 0 amide bonds. The summed E-state index contributed by atoms with van der Waals surface area (Å²) in [7, 11) is 4.14. The van der Waals surface area contributed by atoms with Gasteiger partial charge in [0.1, 0.15) is 11.6 Å². The molecule has 5 aliphatic rings. The molecule has 2 bridgehead atoms. The molecule has 0 radical (unpaired) electrons. The number of carbonyl (C=O) groups is 1. The average Bonchev–Trinajstić information content (AvgIpc) is 3.11. The maximum absolute atomic E-state index is 13.2. The lowest BCUT2D eigenvalue weighted by molar-refractivity contribution is -0.269. The number of piperidine rings is 1. The molecule has 3 saturated carbocycles. The van der Waals surface area contributed by atoms with Crippen LogP contribution >= 0.6 is 0 Å². The average molecular weight is 479 g/mol. The van der Waals surface area contributed by atoms with E-state index in [4.69, 9.17) is 14.2 Å². The zero-order valence-electron chi connectivity index (χ0n) is 22.2. The molecule has 2 saturated heterocycles. The summed E-state index contributed by atoms with van der Waals surface area (Å²) < 4.78 is 19.3. The van der Waals surface area contributed by atoms with Gasteiger partial charge in [0.2, 0.25) is 0 Å². The van der Waals surface area contributed by atoms with E-state index in [1.54, 1.807) is 0 Å². The zero-order valence-corrected chi connectivity index (χ0v) is 22.2. The SMILES string of the molecule is CO[C@]12CCC(N[C@H](C(=O)OC(C)(C)C)C(C)C)[C@@H]3OC4C(O)CCC5CC1N(C)CC[C@]32C54. The van der Waals surface area contributed by atoms with Gasteiger partial charge in [-0.1, -0.05) is 13.8 Å². The van der Waals surface area contributed by atoms with Crippen LogP contribution in [0.2, 0.25) is 0 Å². The molecule has 5 fully saturated rings. The van der Waals surface area contributed by atoms with Gasteiger partial charge >= 0.3 is 5.97 Å². The summed E-state index contributed by atoms with van der Waals surface area (Å²) in [6, 6.07) is 0.0114. The van der Waals surface area contributed by atoms with Crippen LogP contribution in [0.4, 0.5) is 0 Å². The van der Waals surface area contributed by atoms with E-state index < -0.39 is 17.7 Å². The summed E-state index contributed by atoms with van der Waals surface area (Å²) in [5, 5.41) is 14.8. The lowest BCUT2D eigenvalue weighted by atomic mass is 9.42. The van der Waals surface area contributed by atoms with Crippen molar-refractivity contribution in [2.75, 3.05) is 20.7 Å². The number of rotatable bonds is 5. The highest BCUT2D eigenvalue weighted by atomic mass is 16.6. The number of ether oxygens (including phenoxy) is 3. The lowest BCUT2D eigenvalue weighted by Gasteiger charge is -2.69. The third-order valence-electron chi connectivity index (χ3n) is 10.0. The van der Waals surface area contributed by atoms with Crippen LogP contribution in [0.3, 0.4) is 0 Å². The molecule has 0 aromatic rings. The van der Waals surface area contributed by atoms with E-state index in [0.717, 1.165) is 45.1 Å². The molecule has 7 nitrogen and oxygen atoms in total.